The summed E-state index contributed by atoms with van der Waals surface area (Å²) in [6.07, 6.45) is 1.77. The largest absolute Gasteiger partial charge is 0.340 e. The maximum absolute atomic E-state index is 12.5. The monoisotopic (exact) mass is 414 g/mol. The number of Topliss-reactive ketones (excluding diaryl/α,β-unsaturated/α-hetero) is 1. The minimum Gasteiger partial charge on any atom is -0.340 e. The first-order chi connectivity index (χ1) is 14.6. The molecule has 1 atom stereocenters. The van der Waals surface area contributed by atoms with Gasteiger partial charge in [0.1, 0.15) is 6.04 Å². The summed E-state index contributed by atoms with van der Waals surface area (Å²) < 4.78 is 1.82. The second-order valence-corrected chi connectivity index (χ2v) is 8.08. The quantitative estimate of drug-likeness (QED) is 0.628. The first kappa shape index (κ1) is 22.0. The summed E-state index contributed by atoms with van der Waals surface area (Å²) in [6.45, 7) is 4.84. The smallest absolute Gasteiger partial charge is 0.251 e. The lowest BCUT2D eigenvalue weighted by Gasteiger charge is -2.29. The van der Waals surface area contributed by atoms with Gasteiger partial charge in [-0.25, -0.2) is 0 Å². The van der Waals surface area contributed by atoms with Gasteiger partial charge >= 0.3 is 0 Å². The summed E-state index contributed by atoms with van der Waals surface area (Å²) in [6, 6.07) is 16.1. The van der Waals surface area contributed by atoms with Crippen molar-refractivity contribution < 1.29 is 9.59 Å². The van der Waals surface area contributed by atoms with Crippen molar-refractivity contribution in [2.45, 2.75) is 32.4 Å². The van der Waals surface area contributed by atoms with Crippen molar-refractivity contribution in [3.05, 3.63) is 77.5 Å². The van der Waals surface area contributed by atoms with Crippen molar-refractivity contribution >= 4 is 11.7 Å². The topological polar surface area (TPSA) is 90.0 Å². The average molecular weight is 415 g/mol. The van der Waals surface area contributed by atoms with E-state index in [1.54, 1.807) is 44.3 Å². The Morgan fingerprint density at radius 3 is 2.00 bits per heavy atom. The van der Waals surface area contributed by atoms with Crippen LogP contribution in [0.3, 0.4) is 0 Å². The molecule has 0 spiro atoms. The van der Waals surface area contributed by atoms with E-state index >= 15 is 0 Å². The minimum absolute atomic E-state index is 0.183. The Labute approximate surface area is 182 Å². The van der Waals surface area contributed by atoms with E-state index in [1.165, 1.54) is 6.92 Å². The number of hydrogen-bond acceptors (Lipinski definition) is 4. The van der Waals surface area contributed by atoms with E-state index in [2.05, 4.69) is 22.3 Å². The van der Waals surface area contributed by atoms with Gasteiger partial charge < -0.3 is 11.1 Å². The maximum atomic E-state index is 12.5. The molecular formula is C25H26N4O2. The normalized spacial score (nSPS) is 11.9. The van der Waals surface area contributed by atoms with Gasteiger partial charge in [0.05, 0.1) is 5.69 Å². The molecule has 0 aliphatic rings. The molecule has 1 heterocycles. The maximum Gasteiger partial charge on any atom is 0.251 e. The molecule has 0 aliphatic carbocycles. The van der Waals surface area contributed by atoms with Crippen LogP contribution in [0.25, 0.3) is 11.3 Å². The molecule has 158 valence electrons. The summed E-state index contributed by atoms with van der Waals surface area (Å²) in [7, 11) is 1.91. The zero-order valence-electron chi connectivity index (χ0n) is 18.1. The predicted octanol–water partition coefficient (Wildman–Crippen LogP) is 2.91. The Morgan fingerprint density at radius 1 is 1.00 bits per heavy atom. The number of carbonyl (C=O) groups excluding carboxylic acids is 2. The molecule has 3 rings (SSSR count). The van der Waals surface area contributed by atoms with Gasteiger partial charge in [-0.3, -0.25) is 14.3 Å². The fraction of sp³-hybridized carbons (Fsp3) is 0.240. The highest BCUT2D eigenvalue weighted by molar-refractivity contribution is 5.98. The van der Waals surface area contributed by atoms with Crippen LogP contribution in [-0.2, 0) is 11.8 Å². The van der Waals surface area contributed by atoms with Crippen LogP contribution in [0.4, 0.5) is 0 Å². The van der Waals surface area contributed by atoms with Crippen LogP contribution in [-0.4, -0.2) is 33.1 Å². The molecular weight excluding hydrogens is 388 g/mol. The number of nitrogens with one attached hydrogen (secondary N) is 1. The Bertz CT molecular complexity index is 1140. The third-order valence-electron chi connectivity index (χ3n) is 4.93. The summed E-state index contributed by atoms with van der Waals surface area (Å²) >= 11 is 0. The summed E-state index contributed by atoms with van der Waals surface area (Å²) in [4.78, 5) is 24.3. The lowest BCUT2D eigenvalue weighted by Crippen LogP contribution is -2.58. The number of ketones is 1. The van der Waals surface area contributed by atoms with Crippen molar-refractivity contribution in [1.82, 2.24) is 15.1 Å². The zero-order chi connectivity index (χ0) is 22.6. The molecule has 1 aromatic heterocycles. The molecule has 31 heavy (non-hydrogen) atoms. The molecule has 0 saturated carbocycles. The molecule has 1 amide bonds. The molecule has 0 saturated heterocycles. The number of aromatic nitrogens is 2. The van der Waals surface area contributed by atoms with Gasteiger partial charge in [-0.05, 0) is 68.8 Å². The van der Waals surface area contributed by atoms with E-state index in [0.29, 0.717) is 5.56 Å². The highest BCUT2D eigenvalue weighted by atomic mass is 16.2. The number of carbonyl (C=O) groups is 2. The fourth-order valence-corrected chi connectivity index (χ4v) is 3.26. The molecule has 0 bridgehead atoms. The number of rotatable bonds is 5. The van der Waals surface area contributed by atoms with Gasteiger partial charge in [-0.2, -0.15) is 5.10 Å². The fourth-order valence-electron chi connectivity index (χ4n) is 3.26. The van der Waals surface area contributed by atoms with Gasteiger partial charge in [0.25, 0.3) is 5.91 Å². The second-order valence-electron chi connectivity index (χ2n) is 8.08. The number of nitrogens with zero attached hydrogens (tertiary/aromatic N) is 2. The van der Waals surface area contributed by atoms with E-state index in [9.17, 15) is 9.59 Å². The number of hydrogen-bond donors (Lipinski definition) is 2. The summed E-state index contributed by atoms with van der Waals surface area (Å²) in [5, 5.41) is 6.90. The van der Waals surface area contributed by atoms with Crippen molar-refractivity contribution in [2.75, 3.05) is 0 Å². The second kappa shape index (κ2) is 8.99. The van der Waals surface area contributed by atoms with E-state index < -0.39 is 11.6 Å². The number of amides is 1. The number of benzene rings is 2. The third-order valence-corrected chi connectivity index (χ3v) is 4.93. The standard InChI is InChI=1S/C25H26N4O2/c1-17(30)23(25(2,3)26)28-24(31)21-13-9-19(10-14-21)6-5-18-7-11-20(12-8-18)22-15-16-27-29(22)4/h7-16,23H,26H2,1-4H3,(H,28,31)/t23-/m1/s1. The Hall–Kier alpha value is -3.69. The Morgan fingerprint density at radius 2 is 1.55 bits per heavy atom. The van der Waals surface area contributed by atoms with E-state index in [-0.39, 0.29) is 11.7 Å². The van der Waals surface area contributed by atoms with Gasteiger partial charge in [0, 0.05) is 35.5 Å². The first-order valence-corrected chi connectivity index (χ1v) is 9.96. The van der Waals surface area contributed by atoms with Crippen LogP contribution >= 0.6 is 0 Å². The van der Waals surface area contributed by atoms with Crippen molar-refractivity contribution in [3.8, 4) is 23.1 Å². The number of nitrogens with two attached hydrogens (primary N) is 1. The van der Waals surface area contributed by atoms with Crippen molar-refractivity contribution in [1.29, 1.82) is 0 Å². The molecule has 6 nitrogen and oxygen atoms in total. The van der Waals surface area contributed by atoms with Crippen molar-refractivity contribution in [2.24, 2.45) is 12.8 Å². The average Bonchev–Trinajstić information content (AvgIpc) is 3.16. The molecule has 0 radical (unpaired) electrons. The lowest BCUT2D eigenvalue weighted by molar-refractivity contribution is -0.120. The van der Waals surface area contributed by atoms with Crippen LogP contribution in [0, 0.1) is 11.8 Å². The van der Waals surface area contributed by atoms with E-state index in [0.717, 1.165) is 22.4 Å². The molecule has 3 N–H and O–H groups in total. The zero-order valence-corrected chi connectivity index (χ0v) is 18.1. The molecule has 3 aromatic rings. The van der Waals surface area contributed by atoms with Crippen LogP contribution in [0.1, 0.15) is 42.3 Å². The minimum atomic E-state index is -0.848. The van der Waals surface area contributed by atoms with Gasteiger partial charge in [0.2, 0.25) is 0 Å². The van der Waals surface area contributed by atoms with Gasteiger partial charge in [-0.1, -0.05) is 24.0 Å². The lowest BCUT2D eigenvalue weighted by atomic mass is 9.92. The predicted molar refractivity (Wildman–Crippen MR) is 121 cm³/mol. The van der Waals surface area contributed by atoms with E-state index in [1.807, 2.05) is 42.1 Å². The van der Waals surface area contributed by atoms with Crippen LogP contribution in [0.2, 0.25) is 0 Å². The van der Waals surface area contributed by atoms with Crippen LogP contribution in [0.5, 0.6) is 0 Å². The number of aryl methyl sites for hydroxylation is 1. The SMILES string of the molecule is CC(=O)[C@@H](NC(=O)c1ccc(C#Cc2ccc(-c3ccnn3C)cc2)cc1)C(C)(C)N. The van der Waals surface area contributed by atoms with E-state index in [4.69, 9.17) is 5.73 Å². The molecule has 0 fully saturated rings. The van der Waals surface area contributed by atoms with Gasteiger partial charge in [0.15, 0.2) is 5.78 Å². The molecule has 0 unspecified atom stereocenters. The Balaban J connectivity index is 1.69. The van der Waals surface area contributed by atoms with Crippen molar-refractivity contribution in [3.63, 3.8) is 0 Å². The molecule has 6 heteroatoms. The van der Waals surface area contributed by atoms with Gasteiger partial charge in [-0.15, -0.1) is 0 Å². The summed E-state index contributed by atoms with van der Waals surface area (Å²) in [5.41, 5.74) is 9.40. The molecule has 0 aliphatic heterocycles. The molecule has 2 aromatic carbocycles. The first-order valence-electron chi connectivity index (χ1n) is 9.96. The Kier molecular flexibility index (Phi) is 6.38. The highest BCUT2D eigenvalue weighted by Crippen LogP contribution is 2.18. The highest BCUT2D eigenvalue weighted by Gasteiger charge is 2.30. The summed E-state index contributed by atoms with van der Waals surface area (Å²) in [5.74, 6) is 5.71. The van der Waals surface area contributed by atoms with Crippen LogP contribution < -0.4 is 11.1 Å². The van der Waals surface area contributed by atoms with Crippen LogP contribution in [0.15, 0.2) is 60.8 Å². The third kappa shape index (κ3) is 5.47.